The normalized spacial score (nSPS) is 12.1. The molecule has 0 saturated carbocycles. The van der Waals surface area contributed by atoms with E-state index in [1.165, 1.54) is 57.6 Å². The van der Waals surface area contributed by atoms with Crippen molar-refractivity contribution in [2.75, 3.05) is 33.1 Å². The second kappa shape index (κ2) is 9.31. The summed E-state index contributed by atoms with van der Waals surface area (Å²) in [5, 5.41) is 2.75. The minimum atomic E-state index is -4.08. The van der Waals surface area contributed by atoms with E-state index in [1.54, 1.807) is 6.92 Å². The Morgan fingerprint density at radius 2 is 1.80 bits per heavy atom. The fourth-order valence-electron chi connectivity index (χ4n) is 2.52. The van der Waals surface area contributed by atoms with Gasteiger partial charge in [-0.1, -0.05) is 17.7 Å². The number of hydrogen-bond acceptors (Lipinski definition) is 6. The summed E-state index contributed by atoms with van der Waals surface area (Å²) in [5.41, 5.74) is 0.864. The van der Waals surface area contributed by atoms with Crippen LogP contribution >= 0.6 is 11.6 Å². The molecule has 0 atom stereocenters. The highest BCUT2D eigenvalue weighted by Crippen LogP contribution is 2.29. The Balaban J connectivity index is 2.25. The molecular formula is C18H22ClN3O6S2. The third-order valence-corrected chi connectivity index (χ3v) is 7.71. The van der Waals surface area contributed by atoms with Crippen LogP contribution in [0, 0.1) is 6.92 Å². The number of anilines is 1. The number of carbonyl (C=O) groups is 1. The van der Waals surface area contributed by atoms with Crippen molar-refractivity contribution in [1.29, 1.82) is 0 Å². The van der Waals surface area contributed by atoms with Gasteiger partial charge in [0.1, 0.15) is 10.6 Å². The van der Waals surface area contributed by atoms with E-state index in [1.807, 2.05) is 0 Å². The molecule has 0 fully saturated rings. The number of nitrogens with zero attached hydrogens (tertiary/aromatic N) is 1. The lowest BCUT2D eigenvalue weighted by Crippen LogP contribution is -2.35. The third kappa shape index (κ3) is 5.29. The quantitative estimate of drug-likeness (QED) is 0.600. The maximum atomic E-state index is 12.9. The highest BCUT2D eigenvalue weighted by molar-refractivity contribution is 7.89. The van der Waals surface area contributed by atoms with Crippen LogP contribution in [0.1, 0.15) is 5.56 Å². The molecule has 2 aromatic carbocycles. The van der Waals surface area contributed by atoms with Crippen molar-refractivity contribution in [2.24, 2.45) is 0 Å². The Hall–Kier alpha value is -2.18. The van der Waals surface area contributed by atoms with Crippen LogP contribution in [0.2, 0.25) is 5.02 Å². The molecule has 0 spiro atoms. The van der Waals surface area contributed by atoms with Crippen molar-refractivity contribution in [1.82, 2.24) is 9.03 Å². The average Bonchev–Trinajstić information content (AvgIpc) is 2.69. The van der Waals surface area contributed by atoms with Crippen LogP contribution in [0.15, 0.2) is 46.2 Å². The van der Waals surface area contributed by atoms with Gasteiger partial charge in [-0.15, -0.1) is 0 Å². The van der Waals surface area contributed by atoms with Crippen LogP contribution in [0.25, 0.3) is 0 Å². The zero-order chi connectivity index (χ0) is 22.7. The highest BCUT2D eigenvalue weighted by Gasteiger charge is 2.27. The lowest BCUT2D eigenvalue weighted by atomic mass is 10.2. The third-order valence-electron chi connectivity index (χ3n) is 4.24. The number of amides is 1. The van der Waals surface area contributed by atoms with E-state index >= 15 is 0 Å². The number of likely N-dealkylation sites (N-methyl/N-ethyl adjacent to an activating group) is 1. The number of nitrogens with one attached hydrogen (secondary N) is 2. The fourth-order valence-corrected chi connectivity index (χ4v) is 4.81. The molecule has 12 heteroatoms. The number of rotatable bonds is 8. The van der Waals surface area contributed by atoms with Gasteiger partial charge in [0.2, 0.25) is 26.0 Å². The first-order chi connectivity index (χ1) is 13.9. The lowest BCUT2D eigenvalue weighted by molar-refractivity contribution is -0.116. The van der Waals surface area contributed by atoms with Crippen molar-refractivity contribution in [3.05, 3.63) is 47.0 Å². The fraction of sp³-hybridized carbons (Fsp3) is 0.278. The van der Waals surface area contributed by atoms with E-state index in [2.05, 4.69) is 10.0 Å². The Labute approximate surface area is 181 Å². The summed E-state index contributed by atoms with van der Waals surface area (Å²) in [4.78, 5) is 12.3. The number of ether oxygens (including phenoxy) is 1. The summed E-state index contributed by atoms with van der Waals surface area (Å²) in [7, 11) is -3.94. The molecule has 0 aliphatic rings. The summed E-state index contributed by atoms with van der Waals surface area (Å²) >= 11 is 5.91. The first kappa shape index (κ1) is 24.1. The molecule has 0 aliphatic carbocycles. The standard InChI is InChI=1S/C18H22ClN3O6S2/c1-12-5-7-14(29(24,25)20-2)10-15(12)21-18(23)11-22(3)30(26,27)17-9-13(19)6-8-16(17)28-4/h5-10,20H,11H2,1-4H3,(H,21,23). The molecule has 2 aromatic rings. The number of carbonyl (C=O) groups excluding carboxylic acids is 1. The maximum absolute atomic E-state index is 12.9. The lowest BCUT2D eigenvalue weighted by Gasteiger charge is -2.19. The molecule has 30 heavy (non-hydrogen) atoms. The molecule has 0 bridgehead atoms. The molecule has 2 N–H and O–H groups in total. The summed E-state index contributed by atoms with van der Waals surface area (Å²) in [5.74, 6) is -0.559. The zero-order valence-electron chi connectivity index (χ0n) is 16.8. The predicted octanol–water partition coefficient (Wildman–Crippen LogP) is 1.82. The Morgan fingerprint density at radius 3 is 2.40 bits per heavy atom. The van der Waals surface area contributed by atoms with Crippen LogP contribution in [0.4, 0.5) is 5.69 Å². The molecule has 0 saturated heterocycles. The SMILES string of the molecule is CNS(=O)(=O)c1ccc(C)c(NC(=O)CN(C)S(=O)(=O)c2cc(Cl)ccc2OC)c1. The summed E-state index contributed by atoms with van der Waals surface area (Å²) < 4.78 is 57.8. The van der Waals surface area contributed by atoms with Gasteiger partial charge in [-0.25, -0.2) is 21.6 Å². The largest absolute Gasteiger partial charge is 0.495 e. The van der Waals surface area contributed by atoms with Gasteiger partial charge in [0, 0.05) is 17.8 Å². The van der Waals surface area contributed by atoms with Crippen LogP contribution in [-0.2, 0) is 24.8 Å². The van der Waals surface area contributed by atoms with Gasteiger partial charge in [0.05, 0.1) is 18.6 Å². The second-order valence-corrected chi connectivity index (χ2v) is 10.6. The van der Waals surface area contributed by atoms with Crippen LogP contribution in [0.5, 0.6) is 5.75 Å². The van der Waals surface area contributed by atoms with Gasteiger partial charge in [0.25, 0.3) is 0 Å². The summed E-state index contributed by atoms with van der Waals surface area (Å²) in [6, 6.07) is 8.38. The summed E-state index contributed by atoms with van der Waals surface area (Å²) in [6.07, 6.45) is 0. The molecule has 0 aliphatic heterocycles. The molecule has 0 aromatic heterocycles. The van der Waals surface area contributed by atoms with Gasteiger partial charge in [-0.2, -0.15) is 4.31 Å². The number of methoxy groups -OCH3 is 1. The molecule has 9 nitrogen and oxygen atoms in total. The van der Waals surface area contributed by atoms with Crippen molar-refractivity contribution in [3.63, 3.8) is 0 Å². The Kier molecular flexibility index (Phi) is 7.48. The molecule has 0 heterocycles. The Morgan fingerprint density at radius 1 is 1.13 bits per heavy atom. The maximum Gasteiger partial charge on any atom is 0.247 e. The number of benzene rings is 2. The minimum Gasteiger partial charge on any atom is -0.495 e. The molecule has 2 rings (SSSR count). The first-order valence-electron chi connectivity index (χ1n) is 8.56. The van der Waals surface area contributed by atoms with Gasteiger partial charge in [0.15, 0.2) is 0 Å². The molecule has 0 unspecified atom stereocenters. The van der Waals surface area contributed by atoms with E-state index in [9.17, 15) is 21.6 Å². The van der Waals surface area contributed by atoms with Crippen molar-refractivity contribution >= 4 is 43.2 Å². The molecule has 164 valence electrons. The number of sulfonamides is 2. The second-order valence-electron chi connectivity index (χ2n) is 6.29. The number of hydrogen-bond donors (Lipinski definition) is 2. The predicted molar refractivity (Wildman–Crippen MR) is 114 cm³/mol. The van der Waals surface area contributed by atoms with E-state index in [-0.39, 0.29) is 26.3 Å². The van der Waals surface area contributed by atoms with Crippen molar-refractivity contribution < 1.29 is 26.4 Å². The smallest absolute Gasteiger partial charge is 0.247 e. The van der Waals surface area contributed by atoms with Gasteiger partial charge in [-0.05, 0) is 49.9 Å². The highest BCUT2D eigenvalue weighted by atomic mass is 35.5. The van der Waals surface area contributed by atoms with E-state index < -0.39 is 32.5 Å². The van der Waals surface area contributed by atoms with E-state index in [0.29, 0.717) is 5.56 Å². The molecule has 0 radical (unpaired) electrons. The Bertz CT molecular complexity index is 1170. The van der Waals surface area contributed by atoms with Gasteiger partial charge >= 0.3 is 0 Å². The van der Waals surface area contributed by atoms with Gasteiger partial charge < -0.3 is 10.1 Å². The average molecular weight is 476 g/mol. The van der Waals surface area contributed by atoms with Crippen LogP contribution < -0.4 is 14.8 Å². The number of aryl methyl sites for hydroxylation is 1. The molecular weight excluding hydrogens is 454 g/mol. The topological polar surface area (TPSA) is 122 Å². The monoisotopic (exact) mass is 475 g/mol. The first-order valence-corrected chi connectivity index (χ1v) is 11.9. The summed E-state index contributed by atoms with van der Waals surface area (Å²) in [6.45, 7) is 1.17. The number of halogens is 1. The van der Waals surface area contributed by atoms with E-state index in [4.69, 9.17) is 16.3 Å². The zero-order valence-corrected chi connectivity index (χ0v) is 19.2. The van der Waals surface area contributed by atoms with Crippen LogP contribution in [0.3, 0.4) is 0 Å². The molecule has 1 amide bonds. The van der Waals surface area contributed by atoms with Crippen molar-refractivity contribution in [2.45, 2.75) is 16.7 Å². The van der Waals surface area contributed by atoms with Crippen molar-refractivity contribution in [3.8, 4) is 5.75 Å². The van der Waals surface area contributed by atoms with Gasteiger partial charge in [-0.3, -0.25) is 4.79 Å². The van der Waals surface area contributed by atoms with Crippen LogP contribution in [-0.4, -0.2) is 54.8 Å². The minimum absolute atomic E-state index is 0.0319. The van der Waals surface area contributed by atoms with E-state index in [0.717, 1.165) is 4.31 Å².